The number of aryl methyl sites for hydroxylation is 1. The normalized spacial score (nSPS) is 11.8. The first-order valence-electron chi connectivity index (χ1n) is 4.04. The number of nitrogens with zero attached hydrogens (tertiary/aromatic N) is 1. The lowest BCUT2D eigenvalue weighted by Crippen LogP contribution is -2.13. The van der Waals surface area contributed by atoms with Gasteiger partial charge in [0.1, 0.15) is 4.60 Å². The largest absolute Gasteiger partial charge is 0.249 e. The summed E-state index contributed by atoms with van der Waals surface area (Å²) in [5.41, 5.74) is 2.80. The summed E-state index contributed by atoms with van der Waals surface area (Å²) in [6, 6.07) is 2.06. The van der Waals surface area contributed by atoms with E-state index in [9.17, 15) is 0 Å². The molecule has 0 fully saturated rings. The standard InChI is InChI=1S/C10H14BrN/c1-7-5-9(11)12-6-8(7)10(2,3)4/h5-6H,1-4H3. The lowest BCUT2D eigenvalue weighted by molar-refractivity contribution is 0.583. The minimum atomic E-state index is 0.192. The van der Waals surface area contributed by atoms with Gasteiger partial charge in [0.15, 0.2) is 0 Å². The van der Waals surface area contributed by atoms with Crippen molar-refractivity contribution >= 4 is 15.9 Å². The molecule has 0 aliphatic heterocycles. The maximum absolute atomic E-state index is 4.22. The third-order valence-corrected chi connectivity index (χ3v) is 2.32. The van der Waals surface area contributed by atoms with Gasteiger partial charge in [0.05, 0.1) is 0 Å². The van der Waals surface area contributed by atoms with Gasteiger partial charge in [-0.1, -0.05) is 20.8 Å². The van der Waals surface area contributed by atoms with E-state index in [1.54, 1.807) is 0 Å². The summed E-state index contributed by atoms with van der Waals surface area (Å²) in [7, 11) is 0. The van der Waals surface area contributed by atoms with E-state index < -0.39 is 0 Å². The molecule has 0 amide bonds. The molecule has 0 saturated carbocycles. The molecule has 1 heterocycles. The highest BCUT2D eigenvalue weighted by Gasteiger charge is 2.16. The quantitative estimate of drug-likeness (QED) is 0.619. The molecule has 1 aromatic heterocycles. The van der Waals surface area contributed by atoms with Crippen molar-refractivity contribution in [1.29, 1.82) is 0 Å². The van der Waals surface area contributed by atoms with E-state index in [4.69, 9.17) is 0 Å². The van der Waals surface area contributed by atoms with E-state index in [1.807, 2.05) is 6.20 Å². The van der Waals surface area contributed by atoms with Gasteiger partial charge in [-0.2, -0.15) is 0 Å². The number of aromatic nitrogens is 1. The maximum Gasteiger partial charge on any atom is 0.106 e. The predicted octanol–water partition coefficient (Wildman–Crippen LogP) is 3.45. The lowest BCUT2D eigenvalue weighted by atomic mass is 9.85. The summed E-state index contributed by atoms with van der Waals surface area (Å²) in [5, 5.41) is 0. The van der Waals surface area contributed by atoms with Crippen molar-refractivity contribution < 1.29 is 0 Å². The first kappa shape index (κ1) is 9.72. The van der Waals surface area contributed by atoms with Crippen LogP contribution < -0.4 is 0 Å². The zero-order valence-electron chi connectivity index (χ0n) is 7.98. The Balaban J connectivity index is 3.19. The van der Waals surface area contributed by atoms with Gasteiger partial charge in [-0.25, -0.2) is 4.98 Å². The second kappa shape index (κ2) is 3.17. The molecular formula is C10H14BrN. The average Bonchev–Trinajstić information content (AvgIpc) is 1.83. The highest BCUT2D eigenvalue weighted by atomic mass is 79.9. The third kappa shape index (κ3) is 2.07. The van der Waals surface area contributed by atoms with Crippen LogP contribution in [0.1, 0.15) is 31.9 Å². The van der Waals surface area contributed by atoms with E-state index in [0.29, 0.717) is 0 Å². The van der Waals surface area contributed by atoms with Crippen LogP contribution >= 0.6 is 15.9 Å². The average molecular weight is 228 g/mol. The fourth-order valence-electron chi connectivity index (χ4n) is 1.31. The van der Waals surface area contributed by atoms with Gasteiger partial charge in [0.2, 0.25) is 0 Å². The highest BCUT2D eigenvalue weighted by Crippen LogP contribution is 2.25. The Kier molecular flexibility index (Phi) is 2.57. The van der Waals surface area contributed by atoms with Crippen molar-refractivity contribution in [2.24, 2.45) is 0 Å². The van der Waals surface area contributed by atoms with E-state index in [1.165, 1.54) is 11.1 Å². The molecule has 0 saturated heterocycles. The molecule has 0 spiro atoms. The van der Waals surface area contributed by atoms with E-state index >= 15 is 0 Å². The SMILES string of the molecule is Cc1cc(Br)ncc1C(C)(C)C. The van der Waals surface area contributed by atoms with Crippen LogP contribution in [0.25, 0.3) is 0 Å². The maximum atomic E-state index is 4.22. The van der Waals surface area contributed by atoms with Gasteiger partial charge in [0.25, 0.3) is 0 Å². The molecule has 0 N–H and O–H groups in total. The summed E-state index contributed by atoms with van der Waals surface area (Å²) in [6.07, 6.45) is 1.94. The van der Waals surface area contributed by atoms with Gasteiger partial charge in [-0.05, 0) is 45.5 Å². The lowest BCUT2D eigenvalue weighted by Gasteiger charge is -2.20. The van der Waals surface area contributed by atoms with Crippen LogP contribution in [0.2, 0.25) is 0 Å². The van der Waals surface area contributed by atoms with Crippen LogP contribution in [-0.2, 0) is 5.41 Å². The molecule has 0 aliphatic rings. The van der Waals surface area contributed by atoms with Gasteiger partial charge < -0.3 is 0 Å². The summed E-state index contributed by atoms with van der Waals surface area (Å²) in [5.74, 6) is 0. The first-order chi connectivity index (χ1) is 5.41. The molecule has 0 bridgehead atoms. The Bertz CT molecular complexity index is 286. The van der Waals surface area contributed by atoms with Crippen molar-refractivity contribution in [2.45, 2.75) is 33.1 Å². The number of rotatable bonds is 0. The number of halogens is 1. The molecule has 66 valence electrons. The zero-order chi connectivity index (χ0) is 9.35. The molecule has 0 aliphatic carbocycles. The van der Waals surface area contributed by atoms with Gasteiger partial charge in [-0.15, -0.1) is 0 Å². The predicted molar refractivity (Wildman–Crippen MR) is 55.4 cm³/mol. The highest BCUT2D eigenvalue weighted by molar-refractivity contribution is 9.10. The van der Waals surface area contributed by atoms with Crippen molar-refractivity contribution in [3.05, 3.63) is 28.0 Å². The molecule has 0 atom stereocenters. The molecule has 0 unspecified atom stereocenters. The number of hydrogen-bond donors (Lipinski definition) is 0. The van der Waals surface area contributed by atoms with E-state index in [0.717, 1.165) is 4.60 Å². The minimum Gasteiger partial charge on any atom is -0.249 e. The molecule has 1 nitrogen and oxygen atoms in total. The topological polar surface area (TPSA) is 12.9 Å². The Labute approximate surface area is 82.3 Å². The molecule has 2 heteroatoms. The third-order valence-electron chi connectivity index (χ3n) is 1.89. The fourth-order valence-corrected chi connectivity index (χ4v) is 1.75. The smallest absolute Gasteiger partial charge is 0.106 e. The second-order valence-corrected chi connectivity index (χ2v) is 4.88. The molecule has 1 rings (SSSR count). The summed E-state index contributed by atoms with van der Waals surface area (Å²) in [4.78, 5) is 4.22. The van der Waals surface area contributed by atoms with Gasteiger partial charge in [0, 0.05) is 6.20 Å². The van der Waals surface area contributed by atoms with Gasteiger partial charge >= 0.3 is 0 Å². The Hall–Kier alpha value is -0.370. The Morgan fingerprint density at radius 3 is 2.33 bits per heavy atom. The van der Waals surface area contributed by atoms with Gasteiger partial charge in [-0.3, -0.25) is 0 Å². The Morgan fingerprint density at radius 1 is 1.33 bits per heavy atom. The molecular weight excluding hydrogens is 214 g/mol. The monoisotopic (exact) mass is 227 g/mol. The number of pyridine rings is 1. The summed E-state index contributed by atoms with van der Waals surface area (Å²) >= 11 is 3.35. The minimum absolute atomic E-state index is 0.192. The first-order valence-corrected chi connectivity index (χ1v) is 4.83. The van der Waals surface area contributed by atoms with Crippen LogP contribution in [0.5, 0.6) is 0 Å². The van der Waals surface area contributed by atoms with Crippen LogP contribution in [0.15, 0.2) is 16.9 Å². The number of hydrogen-bond acceptors (Lipinski definition) is 1. The van der Waals surface area contributed by atoms with E-state index in [-0.39, 0.29) is 5.41 Å². The molecule has 12 heavy (non-hydrogen) atoms. The fraction of sp³-hybridized carbons (Fsp3) is 0.500. The van der Waals surface area contributed by atoms with Crippen LogP contribution in [0.3, 0.4) is 0 Å². The van der Waals surface area contributed by atoms with Crippen molar-refractivity contribution in [3.63, 3.8) is 0 Å². The second-order valence-electron chi connectivity index (χ2n) is 4.07. The molecule has 0 radical (unpaired) electrons. The van der Waals surface area contributed by atoms with Crippen LogP contribution in [0, 0.1) is 6.92 Å². The molecule has 1 aromatic rings. The van der Waals surface area contributed by atoms with Crippen molar-refractivity contribution in [1.82, 2.24) is 4.98 Å². The summed E-state index contributed by atoms with van der Waals surface area (Å²) in [6.45, 7) is 8.72. The molecule has 0 aromatic carbocycles. The van der Waals surface area contributed by atoms with E-state index in [2.05, 4.69) is 54.7 Å². The zero-order valence-corrected chi connectivity index (χ0v) is 9.57. The summed E-state index contributed by atoms with van der Waals surface area (Å²) < 4.78 is 0.910. The van der Waals surface area contributed by atoms with Crippen LogP contribution in [0.4, 0.5) is 0 Å². The Morgan fingerprint density at radius 2 is 1.92 bits per heavy atom. The van der Waals surface area contributed by atoms with Crippen LogP contribution in [-0.4, -0.2) is 4.98 Å². The van der Waals surface area contributed by atoms with Crippen molar-refractivity contribution in [2.75, 3.05) is 0 Å². The van der Waals surface area contributed by atoms with Crippen molar-refractivity contribution in [3.8, 4) is 0 Å².